The molecule has 0 aromatic rings. The van der Waals surface area contributed by atoms with Crippen molar-refractivity contribution in [1.82, 2.24) is 20.0 Å². The van der Waals surface area contributed by atoms with Gasteiger partial charge in [0.15, 0.2) is 5.96 Å². The molecule has 1 unspecified atom stereocenters. The molecule has 2 aliphatic heterocycles. The largest absolute Gasteiger partial charge is 0.368 e. The maximum atomic E-state index is 12.4. The Balaban J connectivity index is 0.00000225. The number of piperazine rings is 1. The topological polar surface area (TPSA) is 60.4 Å². The first-order chi connectivity index (χ1) is 11.7. The van der Waals surface area contributed by atoms with E-state index in [4.69, 9.17) is 4.74 Å². The van der Waals surface area contributed by atoms with Gasteiger partial charge < -0.3 is 24.8 Å². The number of aliphatic imine (C=N–C) groups is 1. The molecule has 1 saturated carbocycles. The van der Waals surface area contributed by atoms with Gasteiger partial charge in [-0.3, -0.25) is 9.79 Å². The molecule has 3 aliphatic rings. The number of carbonyl (C=O) groups is 1. The number of guanidine groups is 1. The third-order valence-corrected chi connectivity index (χ3v) is 5.23. The lowest BCUT2D eigenvalue weighted by Gasteiger charge is -2.37. The third kappa shape index (κ3) is 5.68. The molecule has 1 amide bonds. The Labute approximate surface area is 168 Å². The number of likely N-dealkylation sites (N-methyl/N-ethyl adjacent to an activating group) is 1. The van der Waals surface area contributed by atoms with Gasteiger partial charge in [-0.2, -0.15) is 0 Å². The van der Waals surface area contributed by atoms with Gasteiger partial charge in [-0.1, -0.05) is 0 Å². The van der Waals surface area contributed by atoms with Gasteiger partial charge in [0, 0.05) is 59.0 Å². The standard InChI is InChI=1S/C17H31N5O2.HI/c1-18-17(19-7-8-20(2)14-5-6-14)22-11-9-21(10-12-22)16(23)15-4-3-13-24-15;/h14-15H,3-13H2,1-2H3,(H,18,19);1H. The van der Waals surface area contributed by atoms with E-state index >= 15 is 0 Å². The number of hydrogen-bond acceptors (Lipinski definition) is 4. The minimum atomic E-state index is -0.202. The first-order valence-electron chi connectivity index (χ1n) is 9.25. The summed E-state index contributed by atoms with van der Waals surface area (Å²) in [5.74, 6) is 1.12. The predicted molar refractivity (Wildman–Crippen MR) is 110 cm³/mol. The molecule has 1 atom stereocenters. The molecule has 25 heavy (non-hydrogen) atoms. The second-order valence-corrected chi connectivity index (χ2v) is 7.00. The number of hydrogen-bond donors (Lipinski definition) is 1. The monoisotopic (exact) mass is 465 g/mol. The van der Waals surface area contributed by atoms with Crippen molar-refractivity contribution in [3.05, 3.63) is 0 Å². The van der Waals surface area contributed by atoms with Crippen LogP contribution in [0.15, 0.2) is 4.99 Å². The fraction of sp³-hybridized carbons (Fsp3) is 0.882. The highest BCUT2D eigenvalue weighted by Crippen LogP contribution is 2.24. The van der Waals surface area contributed by atoms with Crippen LogP contribution in [0, 0.1) is 0 Å². The number of nitrogens with one attached hydrogen (secondary N) is 1. The summed E-state index contributed by atoms with van der Waals surface area (Å²) in [7, 11) is 4.02. The zero-order valence-electron chi connectivity index (χ0n) is 15.4. The molecule has 1 aliphatic carbocycles. The van der Waals surface area contributed by atoms with Gasteiger partial charge in [-0.05, 0) is 32.7 Å². The van der Waals surface area contributed by atoms with Crippen LogP contribution in [-0.4, -0.2) is 98.7 Å². The zero-order valence-corrected chi connectivity index (χ0v) is 17.8. The smallest absolute Gasteiger partial charge is 0.251 e. The molecule has 2 saturated heterocycles. The van der Waals surface area contributed by atoms with Gasteiger partial charge in [0.05, 0.1) is 0 Å². The number of rotatable bonds is 5. The fourth-order valence-electron chi connectivity index (χ4n) is 3.49. The molecule has 3 fully saturated rings. The molecule has 7 nitrogen and oxygen atoms in total. The van der Waals surface area contributed by atoms with Gasteiger partial charge in [0.2, 0.25) is 0 Å². The minimum Gasteiger partial charge on any atom is -0.368 e. The fourth-order valence-corrected chi connectivity index (χ4v) is 3.49. The lowest BCUT2D eigenvalue weighted by molar-refractivity contribution is -0.142. The van der Waals surface area contributed by atoms with Crippen LogP contribution >= 0.6 is 24.0 Å². The molecule has 144 valence electrons. The highest BCUT2D eigenvalue weighted by atomic mass is 127. The van der Waals surface area contributed by atoms with Crippen molar-refractivity contribution in [2.75, 3.05) is 60.0 Å². The van der Waals surface area contributed by atoms with Gasteiger partial charge in [-0.25, -0.2) is 0 Å². The van der Waals surface area contributed by atoms with Crippen LogP contribution in [-0.2, 0) is 9.53 Å². The normalized spacial score (nSPS) is 24.4. The van der Waals surface area contributed by atoms with Gasteiger partial charge in [-0.15, -0.1) is 24.0 Å². The highest BCUT2D eigenvalue weighted by Gasteiger charge is 2.31. The van der Waals surface area contributed by atoms with Crippen LogP contribution < -0.4 is 5.32 Å². The average molecular weight is 465 g/mol. The molecular formula is C17H32IN5O2. The van der Waals surface area contributed by atoms with E-state index in [1.807, 2.05) is 11.9 Å². The van der Waals surface area contributed by atoms with Crippen molar-refractivity contribution in [2.45, 2.75) is 37.8 Å². The van der Waals surface area contributed by atoms with Crippen molar-refractivity contribution < 1.29 is 9.53 Å². The molecule has 0 aromatic heterocycles. The van der Waals surface area contributed by atoms with E-state index in [1.165, 1.54) is 12.8 Å². The molecule has 2 heterocycles. The molecule has 0 spiro atoms. The number of nitrogens with zero attached hydrogens (tertiary/aromatic N) is 4. The summed E-state index contributed by atoms with van der Waals surface area (Å²) in [6, 6.07) is 0.793. The van der Waals surface area contributed by atoms with Crippen LogP contribution in [0.2, 0.25) is 0 Å². The number of amides is 1. The summed E-state index contributed by atoms with van der Waals surface area (Å²) >= 11 is 0. The molecule has 1 N–H and O–H groups in total. The van der Waals surface area contributed by atoms with Crippen LogP contribution in [0.25, 0.3) is 0 Å². The van der Waals surface area contributed by atoms with Crippen molar-refractivity contribution in [3.8, 4) is 0 Å². The lowest BCUT2D eigenvalue weighted by atomic mass is 10.2. The van der Waals surface area contributed by atoms with Crippen molar-refractivity contribution in [3.63, 3.8) is 0 Å². The Bertz CT molecular complexity index is 458. The van der Waals surface area contributed by atoms with Crippen LogP contribution in [0.4, 0.5) is 0 Å². The molecule has 0 aromatic carbocycles. The minimum absolute atomic E-state index is 0. The SMILES string of the molecule is CN=C(NCCN(C)C1CC1)N1CCN(C(=O)C2CCCO2)CC1.I. The second kappa shape index (κ2) is 9.91. The van der Waals surface area contributed by atoms with Crippen molar-refractivity contribution in [2.24, 2.45) is 4.99 Å². The number of halogens is 1. The quantitative estimate of drug-likeness (QED) is 0.366. The van der Waals surface area contributed by atoms with E-state index in [0.29, 0.717) is 0 Å². The Kier molecular flexibility index (Phi) is 8.21. The van der Waals surface area contributed by atoms with E-state index in [2.05, 4.69) is 27.2 Å². The van der Waals surface area contributed by atoms with E-state index in [9.17, 15) is 4.79 Å². The lowest BCUT2D eigenvalue weighted by Crippen LogP contribution is -2.55. The third-order valence-electron chi connectivity index (χ3n) is 5.23. The highest BCUT2D eigenvalue weighted by molar-refractivity contribution is 14.0. The Morgan fingerprint density at radius 1 is 1.20 bits per heavy atom. The van der Waals surface area contributed by atoms with Crippen LogP contribution in [0.5, 0.6) is 0 Å². The van der Waals surface area contributed by atoms with E-state index < -0.39 is 0 Å². The summed E-state index contributed by atoms with van der Waals surface area (Å²) in [6.45, 7) is 5.84. The number of ether oxygens (including phenoxy) is 1. The van der Waals surface area contributed by atoms with E-state index in [0.717, 1.165) is 70.7 Å². The summed E-state index contributed by atoms with van der Waals surface area (Å²) in [5.41, 5.74) is 0. The average Bonchev–Trinajstić information content (AvgIpc) is 3.33. The Morgan fingerprint density at radius 2 is 1.88 bits per heavy atom. The van der Waals surface area contributed by atoms with Gasteiger partial charge in [0.1, 0.15) is 6.10 Å². The predicted octanol–water partition coefficient (Wildman–Crippen LogP) is 0.597. The van der Waals surface area contributed by atoms with Crippen LogP contribution in [0.3, 0.4) is 0 Å². The molecule has 0 bridgehead atoms. The maximum Gasteiger partial charge on any atom is 0.251 e. The Hall–Kier alpha value is -0.610. The maximum absolute atomic E-state index is 12.4. The van der Waals surface area contributed by atoms with E-state index in [1.54, 1.807) is 0 Å². The summed E-state index contributed by atoms with van der Waals surface area (Å²) in [4.78, 5) is 23.4. The number of carbonyl (C=O) groups excluding carboxylic acids is 1. The zero-order chi connectivity index (χ0) is 16.9. The van der Waals surface area contributed by atoms with Crippen molar-refractivity contribution in [1.29, 1.82) is 0 Å². The molecule has 3 rings (SSSR count). The van der Waals surface area contributed by atoms with E-state index in [-0.39, 0.29) is 36.0 Å². The Morgan fingerprint density at radius 3 is 2.44 bits per heavy atom. The summed E-state index contributed by atoms with van der Waals surface area (Å²) < 4.78 is 5.52. The molecule has 0 radical (unpaired) electrons. The second-order valence-electron chi connectivity index (χ2n) is 7.00. The summed E-state index contributed by atoms with van der Waals surface area (Å²) in [5, 5.41) is 3.46. The summed E-state index contributed by atoms with van der Waals surface area (Å²) in [6.07, 6.45) is 4.35. The first-order valence-corrected chi connectivity index (χ1v) is 9.25. The molecular weight excluding hydrogens is 433 g/mol. The van der Waals surface area contributed by atoms with Crippen molar-refractivity contribution >= 4 is 35.8 Å². The molecule has 8 heteroatoms. The first kappa shape index (κ1) is 20.7. The van der Waals surface area contributed by atoms with Crippen LogP contribution in [0.1, 0.15) is 25.7 Å². The van der Waals surface area contributed by atoms with Gasteiger partial charge in [0.25, 0.3) is 5.91 Å². The van der Waals surface area contributed by atoms with Gasteiger partial charge >= 0.3 is 0 Å².